The summed E-state index contributed by atoms with van der Waals surface area (Å²) in [6, 6.07) is 0. The molecule has 0 bridgehead atoms. The number of hydrogen-bond donors (Lipinski definition) is 2. The van der Waals surface area contributed by atoms with Crippen molar-refractivity contribution in [1.29, 1.82) is 0 Å². The van der Waals surface area contributed by atoms with Crippen molar-refractivity contribution in [1.82, 2.24) is 15.3 Å². The Bertz CT molecular complexity index is 642. The maximum absolute atomic E-state index is 12.3. The first kappa shape index (κ1) is 16.6. The van der Waals surface area contributed by atoms with E-state index in [4.69, 9.17) is 4.74 Å². The van der Waals surface area contributed by atoms with Crippen molar-refractivity contribution in [3.8, 4) is 0 Å². The fourth-order valence-electron chi connectivity index (χ4n) is 2.24. The molecule has 2 rings (SSSR count). The van der Waals surface area contributed by atoms with E-state index in [1.54, 1.807) is 17.8 Å². The van der Waals surface area contributed by atoms with Crippen LogP contribution in [0.3, 0.4) is 0 Å². The van der Waals surface area contributed by atoms with Crippen molar-refractivity contribution < 1.29 is 19.4 Å². The van der Waals surface area contributed by atoms with Gasteiger partial charge in [0.2, 0.25) is 17.5 Å². The summed E-state index contributed by atoms with van der Waals surface area (Å²) >= 11 is 0. The number of ether oxygens (including phenoxy) is 1. The normalized spacial score (nSPS) is 16.3. The fourth-order valence-corrected chi connectivity index (χ4v) is 2.24. The highest BCUT2D eigenvalue weighted by atomic mass is 16.5. The molecule has 0 fully saturated rings. The Morgan fingerprint density at radius 2 is 2.04 bits per heavy atom. The summed E-state index contributed by atoms with van der Waals surface area (Å²) in [6.45, 7) is 6.96. The predicted molar refractivity (Wildman–Crippen MR) is 82.9 cm³/mol. The molecule has 9 nitrogen and oxygen atoms in total. The molecule has 2 heterocycles. The summed E-state index contributed by atoms with van der Waals surface area (Å²) < 4.78 is 5.42. The van der Waals surface area contributed by atoms with Gasteiger partial charge in [0.1, 0.15) is 5.71 Å². The van der Waals surface area contributed by atoms with Gasteiger partial charge in [-0.25, -0.2) is 9.79 Å². The van der Waals surface area contributed by atoms with E-state index < -0.39 is 0 Å². The number of fused-ring (bicyclic) bond motifs is 1. The minimum atomic E-state index is -0.298. The number of rotatable bonds is 6. The Hall–Kier alpha value is -2.80. The van der Waals surface area contributed by atoms with Gasteiger partial charge in [0.25, 0.3) is 11.8 Å². The Balaban J connectivity index is 2.34. The van der Waals surface area contributed by atoms with Crippen LogP contribution in [0.25, 0.3) is 0 Å². The summed E-state index contributed by atoms with van der Waals surface area (Å²) in [6.07, 6.45) is -0.0337. The standard InChI is InChI=1S/C14H19N5O4/c1-4-18(5-2)11(21)7-9-12(23-6-3)13(22)19-14(15-9)16-10(8-20)17-19/h17,22H,4-7H2,1-3H3. The number of nitrogens with zero attached hydrogens (tertiary/aromatic N) is 4. The molecule has 23 heavy (non-hydrogen) atoms. The Kier molecular flexibility index (Phi) is 5.02. The third kappa shape index (κ3) is 3.19. The summed E-state index contributed by atoms with van der Waals surface area (Å²) in [5.74, 6) is 1.20. The van der Waals surface area contributed by atoms with E-state index >= 15 is 0 Å². The molecule has 2 N–H and O–H groups in total. The zero-order chi connectivity index (χ0) is 17.0. The van der Waals surface area contributed by atoms with E-state index in [0.717, 1.165) is 5.01 Å². The van der Waals surface area contributed by atoms with Crippen LogP contribution < -0.4 is 5.43 Å². The van der Waals surface area contributed by atoms with Crippen LogP contribution in [0.1, 0.15) is 27.2 Å². The number of amides is 1. The van der Waals surface area contributed by atoms with Crippen LogP contribution in [0.15, 0.2) is 27.4 Å². The lowest BCUT2D eigenvalue weighted by molar-refractivity contribution is -0.129. The second-order valence-electron chi connectivity index (χ2n) is 4.70. The molecule has 2 aliphatic heterocycles. The summed E-state index contributed by atoms with van der Waals surface area (Å²) in [5, 5.41) is 11.4. The van der Waals surface area contributed by atoms with Gasteiger partial charge < -0.3 is 14.7 Å². The second kappa shape index (κ2) is 6.97. The first-order valence-corrected chi connectivity index (χ1v) is 7.37. The molecular formula is C14H19N5O4. The summed E-state index contributed by atoms with van der Waals surface area (Å²) in [7, 11) is 0. The molecule has 0 unspecified atom stereocenters. The van der Waals surface area contributed by atoms with E-state index in [1.807, 2.05) is 13.8 Å². The topological polar surface area (TPSA) is 107 Å². The Morgan fingerprint density at radius 3 is 2.61 bits per heavy atom. The van der Waals surface area contributed by atoms with Crippen molar-refractivity contribution in [2.75, 3.05) is 19.7 Å². The number of nitrogens with one attached hydrogen (secondary N) is 1. The van der Waals surface area contributed by atoms with Crippen LogP contribution in [-0.2, 0) is 14.3 Å². The van der Waals surface area contributed by atoms with Crippen molar-refractivity contribution >= 4 is 23.5 Å². The largest absolute Gasteiger partial charge is 0.491 e. The zero-order valence-electron chi connectivity index (χ0n) is 13.3. The maximum Gasteiger partial charge on any atom is 0.259 e. The maximum atomic E-state index is 12.3. The predicted octanol–water partition coefficient (Wildman–Crippen LogP) is 0.312. The number of hydrogen-bond acceptors (Lipinski definition) is 8. The first-order chi connectivity index (χ1) is 11.0. The van der Waals surface area contributed by atoms with Crippen molar-refractivity contribution in [2.24, 2.45) is 9.98 Å². The number of aliphatic hydroxyl groups is 1. The van der Waals surface area contributed by atoms with Gasteiger partial charge in [-0.15, -0.1) is 0 Å². The average molecular weight is 321 g/mol. The quantitative estimate of drug-likeness (QED) is 0.682. The van der Waals surface area contributed by atoms with E-state index in [0.29, 0.717) is 13.1 Å². The second-order valence-corrected chi connectivity index (χ2v) is 4.70. The molecule has 9 heteroatoms. The molecule has 0 atom stereocenters. The minimum Gasteiger partial charge on any atom is -0.491 e. The minimum absolute atomic E-state index is 0.0337. The van der Waals surface area contributed by atoms with E-state index in [9.17, 15) is 14.7 Å². The highest BCUT2D eigenvalue weighted by molar-refractivity contribution is 6.15. The number of carbonyl (C=O) groups is 1. The van der Waals surface area contributed by atoms with E-state index in [-0.39, 0.29) is 48.1 Å². The third-order valence-corrected chi connectivity index (χ3v) is 3.36. The summed E-state index contributed by atoms with van der Waals surface area (Å²) in [5.41, 5.74) is 2.80. The van der Waals surface area contributed by atoms with E-state index in [1.165, 1.54) is 0 Å². The lowest BCUT2D eigenvalue weighted by atomic mass is 10.2. The lowest BCUT2D eigenvalue weighted by Gasteiger charge is -2.26. The number of guanidine groups is 1. The van der Waals surface area contributed by atoms with Gasteiger partial charge in [0, 0.05) is 13.1 Å². The van der Waals surface area contributed by atoms with Crippen LogP contribution in [0.4, 0.5) is 0 Å². The highest BCUT2D eigenvalue weighted by Crippen LogP contribution is 2.23. The molecule has 0 aromatic carbocycles. The van der Waals surface area contributed by atoms with Gasteiger partial charge in [-0.2, -0.15) is 10.0 Å². The molecule has 124 valence electrons. The zero-order valence-corrected chi connectivity index (χ0v) is 13.3. The molecule has 1 amide bonds. The van der Waals surface area contributed by atoms with Crippen molar-refractivity contribution in [3.05, 3.63) is 17.5 Å². The molecule has 2 aliphatic rings. The highest BCUT2D eigenvalue weighted by Gasteiger charge is 2.35. The number of allylic oxidation sites excluding steroid dienone is 1. The van der Waals surface area contributed by atoms with Gasteiger partial charge in [0.15, 0.2) is 5.94 Å². The van der Waals surface area contributed by atoms with Crippen LogP contribution >= 0.6 is 0 Å². The molecule has 0 aliphatic carbocycles. The first-order valence-electron chi connectivity index (χ1n) is 7.37. The van der Waals surface area contributed by atoms with Gasteiger partial charge in [-0.1, -0.05) is 0 Å². The van der Waals surface area contributed by atoms with Crippen molar-refractivity contribution in [3.63, 3.8) is 0 Å². The molecule has 0 spiro atoms. The smallest absolute Gasteiger partial charge is 0.259 e. The summed E-state index contributed by atoms with van der Waals surface area (Å²) in [4.78, 5) is 32.7. The third-order valence-electron chi connectivity index (χ3n) is 3.36. The lowest BCUT2D eigenvalue weighted by Crippen LogP contribution is -2.41. The van der Waals surface area contributed by atoms with Gasteiger partial charge in [-0.3, -0.25) is 10.2 Å². The van der Waals surface area contributed by atoms with Gasteiger partial charge in [-0.05, 0) is 20.8 Å². The Morgan fingerprint density at radius 1 is 1.35 bits per heavy atom. The molecule has 0 saturated heterocycles. The van der Waals surface area contributed by atoms with Crippen molar-refractivity contribution in [2.45, 2.75) is 27.2 Å². The number of carbonyl (C=O) groups excluding carboxylic acids is 2. The van der Waals surface area contributed by atoms with Crippen LogP contribution in [0.5, 0.6) is 0 Å². The molecule has 0 saturated carbocycles. The van der Waals surface area contributed by atoms with Gasteiger partial charge in [0.05, 0.1) is 13.0 Å². The monoisotopic (exact) mass is 321 g/mol. The van der Waals surface area contributed by atoms with E-state index in [2.05, 4.69) is 15.4 Å². The molecular weight excluding hydrogens is 302 g/mol. The Labute approximate surface area is 133 Å². The number of hydrazine groups is 1. The SMILES string of the molecule is CCOC1=C(O)N2NC(=C=O)N=C2N=C1CC(=O)N(CC)CC. The molecule has 0 aromatic heterocycles. The van der Waals surface area contributed by atoms with Gasteiger partial charge >= 0.3 is 0 Å². The van der Waals surface area contributed by atoms with Crippen LogP contribution in [0.2, 0.25) is 0 Å². The fraction of sp³-hybridized carbons (Fsp3) is 0.500. The number of aliphatic imine (C=N–C) groups is 2. The molecule has 0 aromatic rings. The average Bonchev–Trinajstić information content (AvgIpc) is 2.95. The molecule has 0 radical (unpaired) electrons. The van der Waals surface area contributed by atoms with Crippen LogP contribution in [0, 0.1) is 0 Å². The van der Waals surface area contributed by atoms with Crippen LogP contribution in [-0.4, -0.2) is 58.2 Å². The number of aliphatic hydroxyl groups excluding tert-OH is 1.